The SMILES string of the molecule is CCCCC1CCC(C(=O)Cc2cccs2)CC1. The van der Waals surface area contributed by atoms with Crippen LogP contribution in [0.3, 0.4) is 0 Å². The van der Waals surface area contributed by atoms with E-state index in [4.69, 9.17) is 0 Å². The molecule has 0 saturated heterocycles. The molecule has 0 aliphatic heterocycles. The molecule has 0 bridgehead atoms. The Morgan fingerprint density at radius 2 is 2.11 bits per heavy atom. The van der Waals surface area contributed by atoms with Gasteiger partial charge >= 0.3 is 0 Å². The Labute approximate surface area is 115 Å². The maximum Gasteiger partial charge on any atom is 0.141 e. The minimum Gasteiger partial charge on any atom is -0.299 e. The molecule has 2 heteroatoms. The Hall–Kier alpha value is -0.630. The van der Waals surface area contributed by atoms with Crippen LogP contribution in [0.15, 0.2) is 17.5 Å². The van der Waals surface area contributed by atoms with E-state index >= 15 is 0 Å². The lowest BCUT2D eigenvalue weighted by Gasteiger charge is -2.27. The minimum atomic E-state index is 0.352. The Morgan fingerprint density at radius 1 is 1.33 bits per heavy atom. The normalized spacial score (nSPS) is 24.1. The van der Waals surface area contributed by atoms with Crippen LogP contribution in [0.4, 0.5) is 0 Å². The Balaban J connectivity index is 1.73. The molecule has 100 valence electrons. The smallest absolute Gasteiger partial charge is 0.141 e. The molecule has 1 aromatic rings. The van der Waals surface area contributed by atoms with Gasteiger partial charge in [-0.25, -0.2) is 0 Å². The highest BCUT2D eigenvalue weighted by Gasteiger charge is 2.25. The van der Waals surface area contributed by atoms with Gasteiger partial charge in [-0.3, -0.25) is 4.79 Å². The number of hydrogen-bond acceptors (Lipinski definition) is 2. The van der Waals surface area contributed by atoms with Crippen molar-refractivity contribution in [1.82, 2.24) is 0 Å². The van der Waals surface area contributed by atoms with Gasteiger partial charge in [0.1, 0.15) is 5.78 Å². The number of ketones is 1. The molecule has 0 spiro atoms. The van der Waals surface area contributed by atoms with Gasteiger partial charge in [-0.05, 0) is 43.0 Å². The molecule has 0 aromatic carbocycles. The molecular formula is C16H24OS. The average Bonchev–Trinajstić information content (AvgIpc) is 2.89. The molecule has 1 aliphatic rings. The Bertz CT molecular complexity index is 347. The third-order valence-electron chi connectivity index (χ3n) is 4.20. The van der Waals surface area contributed by atoms with Gasteiger partial charge in [0.2, 0.25) is 0 Å². The van der Waals surface area contributed by atoms with Gasteiger partial charge in [0.25, 0.3) is 0 Å². The molecular weight excluding hydrogens is 240 g/mol. The molecule has 0 atom stereocenters. The standard InChI is InChI=1S/C16H24OS/c1-2-3-5-13-7-9-14(10-8-13)16(17)12-15-6-4-11-18-15/h4,6,11,13-14H,2-3,5,7-10,12H2,1H3. The number of carbonyl (C=O) groups is 1. The van der Waals surface area contributed by atoms with Crippen molar-refractivity contribution in [3.05, 3.63) is 22.4 Å². The van der Waals surface area contributed by atoms with Gasteiger partial charge < -0.3 is 0 Å². The van der Waals surface area contributed by atoms with Crippen LogP contribution in [-0.4, -0.2) is 5.78 Å². The first kappa shape index (κ1) is 13.8. The van der Waals surface area contributed by atoms with Crippen molar-refractivity contribution in [2.45, 2.75) is 58.3 Å². The van der Waals surface area contributed by atoms with Gasteiger partial charge in [0, 0.05) is 17.2 Å². The molecule has 1 aliphatic carbocycles. The van der Waals surface area contributed by atoms with Crippen LogP contribution < -0.4 is 0 Å². The van der Waals surface area contributed by atoms with E-state index in [-0.39, 0.29) is 0 Å². The molecule has 1 fully saturated rings. The molecule has 0 amide bonds. The summed E-state index contributed by atoms with van der Waals surface area (Å²) in [6, 6.07) is 4.12. The highest BCUT2D eigenvalue weighted by molar-refractivity contribution is 7.10. The zero-order valence-corrected chi connectivity index (χ0v) is 12.2. The van der Waals surface area contributed by atoms with Crippen molar-refractivity contribution < 1.29 is 4.79 Å². The number of rotatable bonds is 6. The predicted molar refractivity (Wildman–Crippen MR) is 78.0 cm³/mol. The minimum absolute atomic E-state index is 0.352. The average molecular weight is 264 g/mol. The first-order valence-corrected chi connectivity index (χ1v) is 8.22. The Morgan fingerprint density at radius 3 is 2.72 bits per heavy atom. The number of carbonyl (C=O) groups excluding carboxylic acids is 1. The monoisotopic (exact) mass is 264 g/mol. The third-order valence-corrected chi connectivity index (χ3v) is 5.07. The molecule has 18 heavy (non-hydrogen) atoms. The van der Waals surface area contributed by atoms with Crippen LogP contribution in [0.5, 0.6) is 0 Å². The van der Waals surface area contributed by atoms with Gasteiger partial charge in [-0.2, -0.15) is 0 Å². The summed E-state index contributed by atoms with van der Waals surface area (Å²) >= 11 is 1.71. The second-order valence-electron chi connectivity index (χ2n) is 5.58. The van der Waals surface area contributed by atoms with E-state index in [1.54, 1.807) is 11.3 Å². The van der Waals surface area contributed by atoms with Gasteiger partial charge in [0.15, 0.2) is 0 Å². The lowest BCUT2D eigenvalue weighted by molar-refractivity contribution is -0.123. The molecule has 1 nitrogen and oxygen atoms in total. The zero-order chi connectivity index (χ0) is 12.8. The summed E-state index contributed by atoms with van der Waals surface area (Å²) in [6.07, 6.45) is 9.54. The van der Waals surface area contributed by atoms with E-state index in [2.05, 4.69) is 18.4 Å². The zero-order valence-electron chi connectivity index (χ0n) is 11.4. The van der Waals surface area contributed by atoms with E-state index in [1.165, 1.54) is 37.0 Å². The number of unbranched alkanes of at least 4 members (excludes halogenated alkanes) is 1. The van der Waals surface area contributed by atoms with Crippen molar-refractivity contribution in [1.29, 1.82) is 0 Å². The van der Waals surface area contributed by atoms with Crippen LogP contribution in [0.2, 0.25) is 0 Å². The van der Waals surface area contributed by atoms with Crippen LogP contribution in [-0.2, 0) is 11.2 Å². The number of thiophene rings is 1. The third kappa shape index (κ3) is 3.94. The van der Waals surface area contributed by atoms with Gasteiger partial charge in [-0.1, -0.05) is 32.3 Å². The maximum atomic E-state index is 12.2. The van der Waals surface area contributed by atoms with Crippen LogP contribution >= 0.6 is 11.3 Å². The fourth-order valence-electron chi connectivity index (χ4n) is 3.00. The van der Waals surface area contributed by atoms with Crippen molar-refractivity contribution in [3.8, 4) is 0 Å². The van der Waals surface area contributed by atoms with E-state index in [0.29, 0.717) is 18.1 Å². The summed E-state index contributed by atoms with van der Waals surface area (Å²) in [7, 11) is 0. The van der Waals surface area contributed by atoms with Crippen molar-refractivity contribution >= 4 is 17.1 Å². The highest BCUT2D eigenvalue weighted by Crippen LogP contribution is 2.33. The molecule has 0 radical (unpaired) electrons. The van der Waals surface area contributed by atoms with Crippen LogP contribution in [0, 0.1) is 11.8 Å². The van der Waals surface area contributed by atoms with Crippen molar-refractivity contribution in [2.24, 2.45) is 11.8 Å². The predicted octanol–water partition coefficient (Wildman–Crippen LogP) is 4.86. The van der Waals surface area contributed by atoms with Crippen LogP contribution in [0.1, 0.15) is 56.7 Å². The summed E-state index contributed by atoms with van der Waals surface area (Å²) in [4.78, 5) is 13.4. The Kier molecular flexibility index (Phi) is 5.43. The fourth-order valence-corrected chi connectivity index (χ4v) is 3.71. The summed E-state index contributed by atoms with van der Waals surface area (Å²) < 4.78 is 0. The van der Waals surface area contributed by atoms with E-state index in [9.17, 15) is 4.79 Å². The summed E-state index contributed by atoms with van der Waals surface area (Å²) in [5.74, 6) is 1.73. The van der Waals surface area contributed by atoms with E-state index < -0.39 is 0 Å². The van der Waals surface area contributed by atoms with Gasteiger partial charge in [0.05, 0.1) is 0 Å². The second kappa shape index (κ2) is 7.08. The van der Waals surface area contributed by atoms with Crippen molar-refractivity contribution in [3.63, 3.8) is 0 Å². The molecule has 0 unspecified atom stereocenters. The molecule has 1 heterocycles. The number of Topliss-reactive ketones (excluding diaryl/α,β-unsaturated/α-hetero) is 1. The largest absolute Gasteiger partial charge is 0.299 e. The fraction of sp³-hybridized carbons (Fsp3) is 0.688. The summed E-state index contributed by atoms with van der Waals surface area (Å²) in [6.45, 7) is 2.26. The molecule has 1 aromatic heterocycles. The maximum absolute atomic E-state index is 12.2. The topological polar surface area (TPSA) is 17.1 Å². The second-order valence-corrected chi connectivity index (χ2v) is 6.61. The quantitative estimate of drug-likeness (QED) is 0.717. The van der Waals surface area contributed by atoms with E-state index in [0.717, 1.165) is 18.8 Å². The summed E-state index contributed by atoms with van der Waals surface area (Å²) in [5.41, 5.74) is 0. The van der Waals surface area contributed by atoms with Gasteiger partial charge in [-0.15, -0.1) is 11.3 Å². The molecule has 2 rings (SSSR count). The first-order chi connectivity index (χ1) is 8.79. The summed E-state index contributed by atoms with van der Waals surface area (Å²) in [5, 5.41) is 2.06. The van der Waals surface area contributed by atoms with Crippen LogP contribution in [0.25, 0.3) is 0 Å². The molecule has 0 N–H and O–H groups in total. The lowest BCUT2D eigenvalue weighted by atomic mass is 9.77. The highest BCUT2D eigenvalue weighted by atomic mass is 32.1. The molecule has 1 saturated carbocycles. The first-order valence-electron chi connectivity index (χ1n) is 7.34. The van der Waals surface area contributed by atoms with Crippen molar-refractivity contribution in [2.75, 3.05) is 0 Å². The lowest BCUT2D eigenvalue weighted by Crippen LogP contribution is -2.23. The number of hydrogen-bond donors (Lipinski definition) is 0. The van der Waals surface area contributed by atoms with E-state index in [1.807, 2.05) is 6.07 Å².